The standard InChI is InChI=1S/C18H37N3/c1-18(2,3)16(9-10-19)7-4-11-20-12-6-14-21-13-5-8-17(21)15-20/h16-17H,4-15,19H2,1-3H3. The van der Waals surface area contributed by atoms with Crippen molar-refractivity contribution in [1.82, 2.24) is 9.80 Å². The molecule has 0 aliphatic carbocycles. The van der Waals surface area contributed by atoms with Crippen LogP contribution in [-0.2, 0) is 0 Å². The topological polar surface area (TPSA) is 32.5 Å². The fourth-order valence-corrected chi connectivity index (χ4v) is 4.26. The Morgan fingerprint density at radius 3 is 2.57 bits per heavy atom. The number of hydrogen-bond acceptors (Lipinski definition) is 3. The first-order chi connectivity index (χ1) is 10.0. The van der Waals surface area contributed by atoms with Crippen LogP contribution in [0.15, 0.2) is 0 Å². The largest absolute Gasteiger partial charge is 0.330 e. The Labute approximate surface area is 132 Å². The third-order valence-electron chi connectivity index (χ3n) is 5.65. The van der Waals surface area contributed by atoms with Gasteiger partial charge in [0.05, 0.1) is 0 Å². The van der Waals surface area contributed by atoms with E-state index in [-0.39, 0.29) is 0 Å². The second-order valence-corrected chi connectivity index (χ2v) is 8.27. The Bertz CT molecular complexity index is 297. The molecule has 2 fully saturated rings. The van der Waals surface area contributed by atoms with Crippen molar-refractivity contribution in [1.29, 1.82) is 0 Å². The highest BCUT2D eigenvalue weighted by atomic mass is 15.3. The molecule has 2 heterocycles. The fraction of sp³-hybridized carbons (Fsp3) is 1.00. The van der Waals surface area contributed by atoms with E-state index in [0.29, 0.717) is 5.41 Å². The minimum atomic E-state index is 0.403. The first kappa shape index (κ1) is 17.2. The van der Waals surface area contributed by atoms with Gasteiger partial charge in [-0.25, -0.2) is 0 Å². The van der Waals surface area contributed by atoms with Crippen molar-refractivity contribution in [3.63, 3.8) is 0 Å². The monoisotopic (exact) mass is 295 g/mol. The zero-order valence-corrected chi connectivity index (χ0v) is 14.6. The van der Waals surface area contributed by atoms with Gasteiger partial charge in [-0.15, -0.1) is 0 Å². The molecule has 2 saturated heterocycles. The van der Waals surface area contributed by atoms with Crippen LogP contribution < -0.4 is 5.73 Å². The summed E-state index contributed by atoms with van der Waals surface area (Å²) < 4.78 is 0. The molecule has 124 valence electrons. The van der Waals surface area contributed by atoms with Gasteiger partial charge in [-0.1, -0.05) is 20.8 Å². The number of nitrogens with zero attached hydrogens (tertiary/aromatic N) is 2. The number of fused-ring (bicyclic) bond motifs is 1. The fourth-order valence-electron chi connectivity index (χ4n) is 4.26. The summed E-state index contributed by atoms with van der Waals surface area (Å²) >= 11 is 0. The summed E-state index contributed by atoms with van der Waals surface area (Å²) in [6.45, 7) is 14.5. The van der Waals surface area contributed by atoms with Crippen molar-refractivity contribution in [2.24, 2.45) is 17.1 Å². The highest BCUT2D eigenvalue weighted by Gasteiger charge is 2.29. The molecule has 2 rings (SSSR count). The van der Waals surface area contributed by atoms with Crippen LogP contribution in [0.4, 0.5) is 0 Å². The third-order valence-corrected chi connectivity index (χ3v) is 5.65. The summed E-state index contributed by atoms with van der Waals surface area (Å²) in [7, 11) is 0. The Kier molecular flexibility index (Phi) is 6.51. The maximum Gasteiger partial charge on any atom is 0.0223 e. The molecule has 0 radical (unpaired) electrons. The molecule has 3 nitrogen and oxygen atoms in total. The van der Waals surface area contributed by atoms with E-state index in [1.807, 2.05) is 0 Å². The average molecular weight is 296 g/mol. The molecule has 0 bridgehead atoms. The number of rotatable bonds is 6. The van der Waals surface area contributed by atoms with E-state index in [1.54, 1.807) is 0 Å². The predicted octanol–water partition coefficient (Wildman–Crippen LogP) is 2.95. The lowest BCUT2D eigenvalue weighted by atomic mass is 9.76. The minimum Gasteiger partial charge on any atom is -0.330 e. The predicted molar refractivity (Wildman–Crippen MR) is 91.5 cm³/mol. The van der Waals surface area contributed by atoms with Crippen molar-refractivity contribution in [2.45, 2.75) is 65.3 Å². The minimum absolute atomic E-state index is 0.403. The first-order valence-electron chi connectivity index (χ1n) is 9.17. The third kappa shape index (κ3) is 5.22. The van der Waals surface area contributed by atoms with Crippen molar-refractivity contribution in [3.8, 4) is 0 Å². The summed E-state index contributed by atoms with van der Waals surface area (Å²) in [5.74, 6) is 0.775. The molecule has 2 unspecified atom stereocenters. The molecule has 0 spiro atoms. The molecule has 2 atom stereocenters. The summed E-state index contributed by atoms with van der Waals surface area (Å²) in [5, 5.41) is 0. The second-order valence-electron chi connectivity index (χ2n) is 8.27. The molecule has 3 heteroatoms. The van der Waals surface area contributed by atoms with Gasteiger partial charge in [-0.2, -0.15) is 0 Å². The van der Waals surface area contributed by atoms with Crippen LogP contribution in [0.5, 0.6) is 0 Å². The lowest BCUT2D eigenvalue weighted by Crippen LogP contribution is -2.37. The normalized spacial score (nSPS) is 26.6. The highest BCUT2D eigenvalue weighted by molar-refractivity contribution is 4.85. The van der Waals surface area contributed by atoms with E-state index in [0.717, 1.165) is 18.5 Å². The smallest absolute Gasteiger partial charge is 0.0223 e. The number of hydrogen-bond donors (Lipinski definition) is 1. The van der Waals surface area contributed by atoms with Crippen LogP contribution in [-0.4, -0.2) is 55.1 Å². The van der Waals surface area contributed by atoms with Gasteiger partial charge in [0.15, 0.2) is 0 Å². The van der Waals surface area contributed by atoms with Crippen LogP contribution in [0.3, 0.4) is 0 Å². The summed E-state index contributed by atoms with van der Waals surface area (Å²) in [4.78, 5) is 5.46. The Morgan fingerprint density at radius 1 is 1.10 bits per heavy atom. The van der Waals surface area contributed by atoms with Crippen LogP contribution in [0.1, 0.15) is 59.3 Å². The molecular weight excluding hydrogens is 258 g/mol. The molecular formula is C18H37N3. The Balaban J connectivity index is 1.74. The quantitative estimate of drug-likeness (QED) is 0.818. The van der Waals surface area contributed by atoms with Crippen molar-refractivity contribution >= 4 is 0 Å². The van der Waals surface area contributed by atoms with E-state index in [4.69, 9.17) is 5.73 Å². The van der Waals surface area contributed by atoms with Gasteiger partial charge in [-0.3, -0.25) is 4.90 Å². The molecule has 2 aliphatic rings. The van der Waals surface area contributed by atoms with Gasteiger partial charge in [0, 0.05) is 12.6 Å². The van der Waals surface area contributed by atoms with Gasteiger partial charge in [0.2, 0.25) is 0 Å². The number of nitrogens with two attached hydrogens (primary N) is 1. The van der Waals surface area contributed by atoms with Crippen LogP contribution >= 0.6 is 0 Å². The average Bonchev–Trinajstić information content (AvgIpc) is 2.75. The van der Waals surface area contributed by atoms with E-state index in [1.165, 1.54) is 71.2 Å². The van der Waals surface area contributed by atoms with Crippen LogP contribution in [0.2, 0.25) is 0 Å². The van der Waals surface area contributed by atoms with E-state index in [2.05, 4.69) is 30.6 Å². The van der Waals surface area contributed by atoms with Crippen molar-refractivity contribution < 1.29 is 0 Å². The molecule has 21 heavy (non-hydrogen) atoms. The summed E-state index contributed by atoms with van der Waals surface area (Å²) in [5.41, 5.74) is 6.21. The van der Waals surface area contributed by atoms with Gasteiger partial charge >= 0.3 is 0 Å². The summed E-state index contributed by atoms with van der Waals surface area (Å²) in [6, 6.07) is 0.856. The molecule has 0 aromatic rings. The SMILES string of the molecule is CC(C)(C)C(CCN)CCCN1CCCN2CCCC2C1. The lowest BCUT2D eigenvalue weighted by molar-refractivity contribution is 0.185. The molecule has 0 aromatic heterocycles. The van der Waals surface area contributed by atoms with Gasteiger partial charge in [0.25, 0.3) is 0 Å². The first-order valence-corrected chi connectivity index (χ1v) is 9.17. The maximum atomic E-state index is 5.80. The molecule has 0 saturated carbocycles. The molecule has 2 N–H and O–H groups in total. The van der Waals surface area contributed by atoms with E-state index >= 15 is 0 Å². The van der Waals surface area contributed by atoms with Crippen LogP contribution in [0, 0.1) is 11.3 Å². The van der Waals surface area contributed by atoms with E-state index in [9.17, 15) is 0 Å². The van der Waals surface area contributed by atoms with Crippen molar-refractivity contribution in [2.75, 3.05) is 39.3 Å². The second kappa shape index (κ2) is 7.94. The molecule has 0 amide bonds. The Morgan fingerprint density at radius 2 is 1.86 bits per heavy atom. The maximum absolute atomic E-state index is 5.80. The zero-order valence-electron chi connectivity index (χ0n) is 14.6. The summed E-state index contributed by atoms with van der Waals surface area (Å²) in [6.07, 6.45) is 8.07. The highest BCUT2D eigenvalue weighted by Crippen LogP contribution is 2.32. The van der Waals surface area contributed by atoms with Crippen molar-refractivity contribution in [3.05, 3.63) is 0 Å². The van der Waals surface area contributed by atoms with Crippen LogP contribution in [0.25, 0.3) is 0 Å². The van der Waals surface area contributed by atoms with Gasteiger partial charge in [0.1, 0.15) is 0 Å². The molecule has 2 aliphatic heterocycles. The van der Waals surface area contributed by atoms with E-state index < -0.39 is 0 Å². The lowest BCUT2D eigenvalue weighted by Gasteiger charge is -2.32. The zero-order chi connectivity index (χ0) is 15.3. The molecule has 0 aromatic carbocycles. The Hall–Kier alpha value is -0.120. The van der Waals surface area contributed by atoms with Gasteiger partial charge < -0.3 is 10.6 Å². The van der Waals surface area contributed by atoms with Gasteiger partial charge in [-0.05, 0) is 82.6 Å².